The van der Waals surface area contributed by atoms with E-state index in [0.29, 0.717) is 49.2 Å². The van der Waals surface area contributed by atoms with E-state index in [0.717, 1.165) is 41.8 Å². The Bertz CT molecular complexity index is 1190. The molecule has 2 aromatic heterocycles. The van der Waals surface area contributed by atoms with Crippen molar-refractivity contribution < 1.29 is 9.47 Å². The van der Waals surface area contributed by atoms with Crippen molar-refractivity contribution in [3.05, 3.63) is 59.4 Å². The fourth-order valence-corrected chi connectivity index (χ4v) is 5.44. The Labute approximate surface area is 230 Å². The minimum atomic E-state index is -0.100. The van der Waals surface area contributed by atoms with Crippen molar-refractivity contribution in [2.45, 2.75) is 28.4 Å². The summed E-state index contributed by atoms with van der Waals surface area (Å²) in [4.78, 5) is 20.2. The molecule has 2 fully saturated rings. The third kappa shape index (κ3) is 6.85. The van der Waals surface area contributed by atoms with Crippen LogP contribution in [0.4, 0.5) is 11.8 Å². The van der Waals surface area contributed by atoms with Gasteiger partial charge in [-0.25, -0.2) is 15.0 Å². The lowest BCUT2D eigenvalue weighted by molar-refractivity contribution is 0.0515. The Balaban J connectivity index is 1.32. The fraction of sp³-hybridized carbons (Fsp3) is 0.400. The molecule has 0 aliphatic carbocycles. The van der Waals surface area contributed by atoms with Crippen LogP contribution in [-0.2, 0) is 14.9 Å². The molecule has 4 heterocycles. The normalized spacial score (nSPS) is 17.3. The molecule has 2 aliphatic heterocycles. The van der Waals surface area contributed by atoms with Gasteiger partial charge in [0.25, 0.3) is 0 Å². The molecule has 1 aromatic carbocycles. The SMILES string of the molecule is S=C(NCC1(c2ccc(Cl)cc2)CCOCC1)Nc1nc(Sc2ncccn2)cc(N2CCOCC2)n1. The Hall–Kier alpha value is -2.57. The molecule has 5 rings (SSSR count). The smallest absolute Gasteiger partial charge is 0.232 e. The van der Waals surface area contributed by atoms with Gasteiger partial charge in [0.05, 0.1) is 13.2 Å². The van der Waals surface area contributed by atoms with E-state index in [1.165, 1.54) is 17.3 Å². The molecule has 3 aromatic rings. The van der Waals surface area contributed by atoms with E-state index >= 15 is 0 Å². The van der Waals surface area contributed by atoms with Crippen molar-refractivity contribution in [2.75, 3.05) is 56.3 Å². The van der Waals surface area contributed by atoms with E-state index in [2.05, 4.69) is 42.6 Å². The second kappa shape index (κ2) is 12.3. The molecular weight excluding hydrogens is 530 g/mol. The van der Waals surface area contributed by atoms with Gasteiger partial charge >= 0.3 is 0 Å². The quantitative estimate of drug-likeness (QED) is 0.251. The van der Waals surface area contributed by atoms with Crippen LogP contribution in [0.2, 0.25) is 5.02 Å². The summed E-state index contributed by atoms with van der Waals surface area (Å²) in [5.41, 5.74) is 1.12. The first kappa shape index (κ1) is 26.1. The van der Waals surface area contributed by atoms with E-state index in [1.807, 2.05) is 18.2 Å². The first-order valence-corrected chi connectivity index (χ1v) is 13.8. The molecule has 0 bridgehead atoms. The second-order valence-electron chi connectivity index (χ2n) is 8.83. The molecule has 194 valence electrons. The van der Waals surface area contributed by atoms with Gasteiger partial charge < -0.3 is 25.0 Å². The van der Waals surface area contributed by atoms with Crippen LogP contribution in [0.3, 0.4) is 0 Å². The van der Waals surface area contributed by atoms with Gasteiger partial charge in [-0.2, -0.15) is 4.98 Å². The number of aromatic nitrogens is 4. The first-order chi connectivity index (χ1) is 18.1. The van der Waals surface area contributed by atoms with E-state index in [4.69, 9.17) is 38.3 Å². The standard InChI is InChI=1S/C25H28ClN7O2S2/c26-19-4-2-18(3-5-19)25(6-12-34-13-7-25)17-29-23(36)32-22-30-20(33-10-14-35-15-11-33)16-21(31-22)37-24-27-8-1-9-28-24/h1-5,8-9,16H,6-7,10-15,17H2,(H2,29,30,31,32,36). The van der Waals surface area contributed by atoms with E-state index < -0.39 is 0 Å². The molecule has 0 unspecified atom stereocenters. The molecule has 0 amide bonds. The molecule has 12 heteroatoms. The van der Waals surface area contributed by atoms with Gasteiger partial charge in [-0.15, -0.1) is 0 Å². The number of anilines is 2. The van der Waals surface area contributed by atoms with Crippen molar-refractivity contribution in [1.82, 2.24) is 25.3 Å². The van der Waals surface area contributed by atoms with E-state index in [1.54, 1.807) is 18.5 Å². The summed E-state index contributed by atoms with van der Waals surface area (Å²) in [6, 6.07) is 11.8. The van der Waals surface area contributed by atoms with Gasteiger partial charge in [0, 0.05) is 61.7 Å². The molecule has 0 saturated carbocycles. The maximum absolute atomic E-state index is 6.14. The van der Waals surface area contributed by atoms with Gasteiger partial charge in [0.1, 0.15) is 10.8 Å². The van der Waals surface area contributed by atoms with Crippen LogP contribution in [0.25, 0.3) is 0 Å². The lowest BCUT2D eigenvalue weighted by atomic mass is 9.74. The number of ether oxygens (including phenoxy) is 2. The van der Waals surface area contributed by atoms with Gasteiger partial charge in [0.2, 0.25) is 5.95 Å². The van der Waals surface area contributed by atoms with Crippen molar-refractivity contribution in [3.8, 4) is 0 Å². The zero-order valence-corrected chi connectivity index (χ0v) is 22.6. The van der Waals surface area contributed by atoms with Crippen LogP contribution in [0, 0.1) is 0 Å². The number of nitrogens with one attached hydrogen (secondary N) is 2. The highest BCUT2D eigenvalue weighted by Crippen LogP contribution is 2.35. The third-order valence-electron chi connectivity index (χ3n) is 6.48. The maximum atomic E-state index is 6.14. The zero-order chi connectivity index (χ0) is 25.5. The number of nitrogens with zero attached hydrogens (tertiary/aromatic N) is 5. The zero-order valence-electron chi connectivity index (χ0n) is 20.2. The Morgan fingerprint density at radius 1 is 1.03 bits per heavy atom. The van der Waals surface area contributed by atoms with Crippen molar-refractivity contribution in [3.63, 3.8) is 0 Å². The topological polar surface area (TPSA) is 97.3 Å². The van der Waals surface area contributed by atoms with Gasteiger partial charge in [-0.1, -0.05) is 23.7 Å². The predicted octanol–water partition coefficient (Wildman–Crippen LogP) is 3.94. The van der Waals surface area contributed by atoms with Crippen molar-refractivity contribution in [2.24, 2.45) is 0 Å². The minimum Gasteiger partial charge on any atom is -0.381 e. The second-order valence-corrected chi connectivity index (χ2v) is 10.7. The molecular formula is C25H28ClN7O2S2. The lowest BCUT2D eigenvalue weighted by Gasteiger charge is -2.38. The highest BCUT2D eigenvalue weighted by atomic mass is 35.5. The van der Waals surface area contributed by atoms with E-state index in [9.17, 15) is 0 Å². The summed E-state index contributed by atoms with van der Waals surface area (Å²) in [5, 5.41) is 9.14. The average molecular weight is 558 g/mol. The summed E-state index contributed by atoms with van der Waals surface area (Å²) >= 11 is 13.2. The van der Waals surface area contributed by atoms with Crippen LogP contribution in [0.1, 0.15) is 18.4 Å². The van der Waals surface area contributed by atoms with E-state index in [-0.39, 0.29) is 5.41 Å². The predicted molar refractivity (Wildman–Crippen MR) is 149 cm³/mol. The maximum Gasteiger partial charge on any atom is 0.232 e. The number of thiocarbonyl (C=S) groups is 1. The average Bonchev–Trinajstić information content (AvgIpc) is 2.94. The molecule has 9 nitrogen and oxygen atoms in total. The number of morpholine rings is 1. The van der Waals surface area contributed by atoms with Crippen molar-refractivity contribution in [1.29, 1.82) is 0 Å². The summed E-state index contributed by atoms with van der Waals surface area (Å²) in [6.45, 7) is 4.91. The van der Waals surface area contributed by atoms with Crippen LogP contribution in [-0.4, -0.2) is 71.1 Å². The lowest BCUT2D eigenvalue weighted by Crippen LogP contribution is -2.45. The summed E-state index contributed by atoms with van der Waals surface area (Å²) < 4.78 is 11.2. The summed E-state index contributed by atoms with van der Waals surface area (Å²) in [7, 11) is 0. The molecule has 0 spiro atoms. The van der Waals surface area contributed by atoms with Crippen molar-refractivity contribution >= 4 is 52.5 Å². The highest BCUT2D eigenvalue weighted by molar-refractivity contribution is 7.99. The Morgan fingerprint density at radius 3 is 2.46 bits per heavy atom. The van der Waals surface area contributed by atoms with Gasteiger partial charge in [-0.05, 0) is 60.6 Å². The van der Waals surface area contributed by atoms with Crippen LogP contribution in [0.5, 0.6) is 0 Å². The number of hydrogen-bond donors (Lipinski definition) is 2. The van der Waals surface area contributed by atoms with Crippen LogP contribution < -0.4 is 15.5 Å². The molecule has 2 aliphatic rings. The molecule has 2 saturated heterocycles. The number of rotatable bonds is 7. The largest absolute Gasteiger partial charge is 0.381 e. The fourth-order valence-electron chi connectivity index (χ4n) is 4.44. The molecule has 0 radical (unpaired) electrons. The van der Waals surface area contributed by atoms with Gasteiger partial charge in [-0.3, -0.25) is 0 Å². The summed E-state index contributed by atoms with van der Waals surface area (Å²) in [6.07, 6.45) is 5.21. The van der Waals surface area contributed by atoms with Gasteiger partial charge in [0.15, 0.2) is 10.3 Å². The Kier molecular flexibility index (Phi) is 8.67. The number of hydrogen-bond acceptors (Lipinski definition) is 9. The first-order valence-electron chi connectivity index (χ1n) is 12.1. The minimum absolute atomic E-state index is 0.100. The molecule has 37 heavy (non-hydrogen) atoms. The highest BCUT2D eigenvalue weighted by Gasteiger charge is 2.34. The molecule has 0 atom stereocenters. The molecule has 2 N–H and O–H groups in total. The van der Waals surface area contributed by atoms with Crippen LogP contribution >= 0.6 is 35.6 Å². The number of halogens is 1. The summed E-state index contributed by atoms with van der Waals surface area (Å²) in [5.74, 6) is 1.23. The third-order valence-corrected chi connectivity index (χ3v) is 7.79. The monoisotopic (exact) mass is 557 g/mol. The Morgan fingerprint density at radius 2 is 1.73 bits per heavy atom. The van der Waals surface area contributed by atoms with Crippen LogP contribution in [0.15, 0.2) is 59.0 Å². The number of benzene rings is 1.